The van der Waals surface area contributed by atoms with Crippen LogP contribution < -0.4 is 10.8 Å². The van der Waals surface area contributed by atoms with Gasteiger partial charge in [-0.2, -0.15) is 5.26 Å². The van der Waals surface area contributed by atoms with Gasteiger partial charge < -0.3 is 10.2 Å². The maximum Gasteiger partial charge on any atom is 0.318 e. The molecule has 2 N–H and O–H groups in total. The second-order valence-electron chi connectivity index (χ2n) is 7.83. The van der Waals surface area contributed by atoms with E-state index >= 15 is 0 Å². The molecule has 3 aromatic rings. The van der Waals surface area contributed by atoms with Crippen LogP contribution in [-0.2, 0) is 11.4 Å². The Labute approximate surface area is 194 Å². The minimum atomic E-state index is -0.212. The first-order valence-corrected chi connectivity index (χ1v) is 10.9. The predicted molar refractivity (Wildman–Crippen MR) is 127 cm³/mol. The quantitative estimate of drug-likeness (QED) is 0.526. The summed E-state index contributed by atoms with van der Waals surface area (Å²) in [5.74, 6) is 0. The Hall–Kier alpha value is -4.08. The average Bonchev–Trinajstić information content (AvgIpc) is 2.88. The molecule has 0 saturated heterocycles. The van der Waals surface area contributed by atoms with E-state index in [9.17, 15) is 4.79 Å². The monoisotopic (exact) mass is 438 g/mol. The van der Waals surface area contributed by atoms with Gasteiger partial charge in [-0.1, -0.05) is 72.8 Å². The fourth-order valence-corrected chi connectivity index (χ4v) is 3.75. The minimum Gasteiger partial charge on any atom is -0.327 e. The molecule has 1 aliphatic heterocycles. The first kappa shape index (κ1) is 22.1. The van der Waals surface area contributed by atoms with E-state index in [0.29, 0.717) is 31.7 Å². The fourth-order valence-electron chi connectivity index (χ4n) is 3.75. The summed E-state index contributed by atoms with van der Waals surface area (Å²) in [7, 11) is 0. The van der Waals surface area contributed by atoms with E-state index in [-0.39, 0.29) is 12.1 Å². The molecule has 1 aliphatic rings. The van der Waals surface area contributed by atoms with Crippen molar-refractivity contribution >= 4 is 6.03 Å². The van der Waals surface area contributed by atoms with Gasteiger partial charge in [0.2, 0.25) is 0 Å². The molecule has 0 fully saturated rings. The zero-order valence-corrected chi connectivity index (χ0v) is 18.3. The van der Waals surface area contributed by atoms with Crippen molar-refractivity contribution in [2.24, 2.45) is 0 Å². The lowest BCUT2D eigenvalue weighted by Crippen LogP contribution is -2.44. The third-order valence-corrected chi connectivity index (χ3v) is 5.53. The van der Waals surface area contributed by atoms with Crippen LogP contribution in [0, 0.1) is 11.3 Å². The number of hydroxylamine groups is 1. The maximum absolute atomic E-state index is 13.0. The van der Waals surface area contributed by atoms with Crippen LogP contribution in [-0.4, -0.2) is 24.0 Å². The Bertz CT molecular complexity index is 1100. The Balaban J connectivity index is 1.32. The van der Waals surface area contributed by atoms with Gasteiger partial charge in [0.05, 0.1) is 24.3 Å². The molecule has 0 saturated carbocycles. The van der Waals surface area contributed by atoms with E-state index in [1.165, 1.54) is 0 Å². The van der Waals surface area contributed by atoms with E-state index in [0.717, 1.165) is 22.4 Å². The average molecular weight is 439 g/mol. The molecule has 0 bridgehead atoms. The van der Waals surface area contributed by atoms with E-state index in [1.54, 1.807) is 17.0 Å². The molecule has 1 heterocycles. The lowest BCUT2D eigenvalue weighted by atomic mass is 9.99. The molecule has 0 radical (unpaired) electrons. The summed E-state index contributed by atoms with van der Waals surface area (Å²) < 4.78 is 0. The van der Waals surface area contributed by atoms with Gasteiger partial charge >= 0.3 is 6.03 Å². The van der Waals surface area contributed by atoms with Crippen molar-refractivity contribution < 1.29 is 9.63 Å². The molecular weight excluding hydrogens is 412 g/mol. The normalized spacial score (nSPS) is 13.2. The first-order chi connectivity index (χ1) is 16.2. The zero-order chi connectivity index (χ0) is 22.9. The fraction of sp³-hybridized carbons (Fsp3) is 0.185. The number of nitrogens with one attached hydrogen (secondary N) is 2. The van der Waals surface area contributed by atoms with Gasteiger partial charge in [-0.3, -0.25) is 10.3 Å². The number of carbonyl (C=O) groups excluding carboxylic acids is 1. The molecule has 4 rings (SSSR count). The van der Waals surface area contributed by atoms with Crippen molar-refractivity contribution in [3.05, 3.63) is 119 Å². The summed E-state index contributed by atoms with van der Waals surface area (Å²) in [5, 5.41) is 12.2. The number of urea groups is 1. The summed E-state index contributed by atoms with van der Waals surface area (Å²) in [6.07, 6.45) is 2.64. The summed E-state index contributed by atoms with van der Waals surface area (Å²) in [4.78, 5) is 20.4. The van der Waals surface area contributed by atoms with Crippen LogP contribution in [0.25, 0.3) is 0 Å². The van der Waals surface area contributed by atoms with Crippen LogP contribution in [0.5, 0.6) is 0 Å². The van der Waals surface area contributed by atoms with E-state index < -0.39 is 0 Å². The smallest absolute Gasteiger partial charge is 0.318 e. The van der Waals surface area contributed by atoms with Crippen LogP contribution in [0.4, 0.5) is 4.79 Å². The van der Waals surface area contributed by atoms with Crippen molar-refractivity contribution in [3.63, 3.8) is 0 Å². The SMILES string of the molecule is N#Cc1cccc(CONC2=CCN(C(=O)NC(c3ccccc3)c3ccccc3)CC2)c1. The molecule has 0 aliphatic carbocycles. The molecule has 6 nitrogen and oxygen atoms in total. The molecule has 0 spiro atoms. The Morgan fingerprint density at radius 3 is 2.30 bits per heavy atom. The standard InChI is InChI=1S/C27H26N4O2/c28-19-21-8-7-9-22(18-21)20-33-30-25-14-16-31(17-15-25)27(32)29-26(23-10-3-1-4-11-23)24-12-5-2-6-13-24/h1-14,18,26,30H,15-17,20H2,(H,29,32). The first-order valence-electron chi connectivity index (χ1n) is 10.9. The number of benzene rings is 3. The lowest BCUT2D eigenvalue weighted by Gasteiger charge is -2.29. The van der Waals surface area contributed by atoms with Gasteiger partial charge in [0.1, 0.15) is 0 Å². The number of amides is 2. The summed E-state index contributed by atoms with van der Waals surface area (Å²) in [5.41, 5.74) is 7.54. The van der Waals surface area contributed by atoms with E-state index in [4.69, 9.17) is 10.1 Å². The predicted octanol–water partition coefficient (Wildman–Crippen LogP) is 4.67. The highest BCUT2D eigenvalue weighted by molar-refractivity contribution is 5.75. The van der Waals surface area contributed by atoms with Crippen LogP contribution in [0.3, 0.4) is 0 Å². The van der Waals surface area contributed by atoms with Gasteiger partial charge in [0, 0.05) is 25.2 Å². The number of carbonyl (C=O) groups is 1. The molecule has 0 unspecified atom stereocenters. The number of hydrogen-bond acceptors (Lipinski definition) is 4. The van der Waals surface area contributed by atoms with Crippen molar-refractivity contribution in [2.75, 3.05) is 13.1 Å². The van der Waals surface area contributed by atoms with Gasteiger partial charge in [0.25, 0.3) is 0 Å². The minimum absolute atomic E-state index is 0.0998. The van der Waals surface area contributed by atoms with Crippen LogP contribution in [0.2, 0.25) is 0 Å². The number of hydrogen-bond donors (Lipinski definition) is 2. The summed E-state index contributed by atoms with van der Waals surface area (Å²) in [6, 6.07) is 29.1. The molecule has 6 heteroatoms. The number of rotatable bonds is 7. The number of nitrogens with zero attached hydrogens (tertiary/aromatic N) is 2. The molecule has 33 heavy (non-hydrogen) atoms. The molecule has 0 aromatic heterocycles. The second kappa shape index (κ2) is 11.0. The maximum atomic E-state index is 13.0. The van der Waals surface area contributed by atoms with Gasteiger partial charge in [0.15, 0.2) is 0 Å². The largest absolute Gasteiger partial charge is 0.327 e. The van der Waals surface area contributed by atoms with Crippen molar-refractivity contribution in [1.82, 2.24) is 15.7 Å². The van der Waals surface area contributed by atoms with E-state index in [2.05, 4.69) is 16.9 Å². The van der Waals surface area contributed by atoms with Crippen LogP contribution >= 0.6 is 0 Å². The van der Waals surface area contributed by atoms with Crippen LogP contribution in [0.15, 0.2) is 96.7 Å². The van der Waals surface area contributed by atoms with Crippen molar-refractivity contribution in [2.45, 2.75) is 19.1 Å². The van der Waals surface area contributed by atoms with Crippen molar-refractivity contribution in [1.29, 1.82) is 5.26 Å². The summed E-state index contributed by atoms with van der Waals surface area (Å²) in [6.45, 7) is 1.44. The highest BCUT2D eigenvalue weighted by atomic mass is 16.6. The van der Waals surface area contributed by atoms with Gasteiger partial charge in [-0.25, -0.2) is 4.79 Å². The second-order valence-corrected chi connectivity index (χ2v) is 7.83. The van der Waals surface area contributed by atoms with Gasteiger partial charge in [-0.05, 0) is 34.9 Å². The third-order valence-electron chi connectivity index (χ3n) is 5.53. The topological polar surface area (TPSA) is 77.4 Å². The van der Waals surface area contributed by atoms with Crippen molar-refractivity contribution in [3.8, 4) is 6.07 Å². The molecule has 3 aromatic carbocycles. The van der Waals surface area contributed by atoms with E-state index in [1.807, 2.05) is 78.9 Å². The lowest BCUT2D eigenvalue weighted by molar-refractivity contribution is 0.0446. The highest BCUT2D eigenvalue weighted by Crippen LogP contribution is 2.22. The van der Waals surface area contributed by atoms with Gasteiger partial charge in [-0.15, -0.1) is 0 Å². The molecule has 2 amide bonds. The Morgan fingerprint density at radius 2 is 1.70 bits per heavy atom. The van der Waals surface area contributed by atoms with Crippen LogP contribution in [0.1, 0.15) is 34.7 Å². The Morgan fingerprint density at radius 1 is 1.00 bits per heavy atom. The molecular formula is C27H26N4O2. The highest BCUT2D eigenvalue weighted by Gasteiger charge is 2.22. The zero-order valence-electron chi connectivity index (χ0n) is 18.3. The molecule has 0 atom stereocenters. The Kier molecular flexibility index (Phi) is 7.36. The number of nitriles is 1. The third kappa shape index (κ3) is 6.00. The summed E-state index contributed by atoms with van der Waals surface area (Å²) >= 11 is 0. The molecule has 166 valence electrons.